The summed E-state index contributed by atoms with van der Waals surface area (Å²) < 4.78 is 40.0. The van der Waals surface area contributed by atoms with Gasteiger partial charge in [-0.05, 0) is 78.5 Å². The lowest BCUT2D eigenvalue weighted by Crippen LogP contribution is -1.92. The van der Waals surface area contributed by atoms with Gasteiger partial charge in [0.15, 0.2) is 0 Å². The Morgan fingerprint density at radius 1 is 0.419 bits per heavy atom. The highest BCUT2D eigenvalue weighted by Gasteiger charge is 2.19. The predicted molar refractivity (Wildman–Crippen MR) is 183 cm³/mol. The van der Waals surface area contributed by atoms with E-state index in [1.54, 1.807) is 6.07 Å². The standard InChI is InChI=1S/C42H26O/c1-2-12-27(13-3-1)30-15-6-7-17-33(30)41-36-20-10-8-18-34(36)40(35-19-9-11-21-37(35)41)29-23-24-32-38-25-22-28-14-4-5-16-31(28)42(38)43-39(32)26-29/h1-26H/i4D,5D,14D,16D. The first-order valence-corrected chi connectivity index (χ1v) is 14.4. The molecular weight excluding hydrogens is 520 g/mol. The lowest BCUT2D eigenvalue weighted by atomic mass is 9.84. The average Bonchev–Trinajstić information content (AvgIpc) is 3.50. The van der Waals surface area contributed by atoms with E-state index in [9.17, 15) is 0 Å². The normalized spacial score (nSPS) is 13.0. The summed E-state index contributed by atoms with van der Waals surface area (Å²) >= 11 is 0. The van der Waals surface area contributed by atoms with Crippen LogP contribution in [0.25, 0.3) is 87.6 Å². The Morgan fingerprint density at radius 3 is 1.77 bits per heavy atom. The summed E-state index contributed by atoms with van der Waals surface area (Å²) in [5, 5.41) is 7.19. The van der Waals surface area contributed by atoms with E-state index in [4.69, 9.17) is 9.90 Å². The van der Waals surface area contributed by atoms with E-state index >= 15 is 0 Å². The van der Waals surface area contributed by atoms with E-state index in [-0.39, 0.29) is 24.2 Å². The highest BCUT2D eigenvalue weighted by atomic mass is 16.3. The molecule has 0 amide bonds. The Labute approximate surface area is 254 Å². The van der Waals surface area contributed by atoms with Crippen LogP contribution in [0, 0.1) is 0 Å². The fourth-order valence-corrected chi connectivity index (χ4v) is 6.72. The maximum Gasteiger partial charge on any atom is 0.143 e. The van der Waals surface area contributed by atoms with Gasteiger partial charge in [0.1, 0.15) is 11.2 Å². The summed E-state index contributed by atoms with van der Waals surface area (Å²) in [6.45, 7) is 0. The molecule has 1 heterocycles. The Hall–Kier alpha value is -5.66. The van der Waals surface area contributed by atoms with Gasteiger partial charge in [-0.15, -0.1) is 0 Å². The van der Waals surface area contributed by atoms with Gasteiger partial charge < -0.3 is 4.42 Å². The zero-order valence-corrected chi connectivity index (χ0v) is 23.1. The summed E-state index contributed by atoms with van der Waals surface area (Å²) in [5.74, 6) is 0. The lowest BCUT2D eigenvalue weighted by Gasteiger charge is -2.19. The molecule has 8 aromatic carbocycles. The van der Waals surface area contributed by atoms with Crippen molar-refractivity contribution in [1.29, 1.82) is 0 Å². The van der Waals surface area contributed by atoms with Gasteiger partial charge in [-0.3, -0.25) is 0 Å². The maximum absolute atomic E-state index is 8.65. The molecule has 0 aliphatic rings. The van der Waals surface area contributed by atoms with Crippen molar-refractivity contribution in [3.05, 3.63) is 158 Å². The van der Waals surface area contributed by atoms with Gasteiger partial charge in [0, 0.05) is 16.2 Å². The molecule has 1 heteroatoms. The zero-order chi connectivity index (χ0) is 31.8. The molecule has 0 N–H and O–H groups in total. The molecule has 200 valence electrons. The third-order valence-corrected chi connectivity index (χ3v) is 8.59. The van der Waals surface area contributed by atoms with E-state index < -0.39 is 0 Å². The third kappa shape index (κ3) is 3.65. The maximum atomic E-state index is 8.65. The van der Waals surface area contributed by atoms with Gasteiger partial charge >= 0.3 is 0 Å². The minimum Gasteiger partial charge on any atom is -0.455 e. The molecule has 43 heavy (non-hydrogen) atoms. The van der Waals surface area contributed by atoms with Crippen molar-refractivity contribution in [2.45, 2.75) is 0 Å². The highest BCUT2D eigenvalue weighted by molar-refractivity contribution is 6.23. The van der Waals surface area contributed by atoms with Crippen molar-refractivity contribution in [2.24, 2.45) is 0 Å². The van der Waals surface area contributed by atoms with Crippen LogP contribution in [0.5, 0.6) is 0 Å². The van der Waals surface area contributed by atoms with Crippen LogP contribution in [0.3, 0.4) is 0 Å². The van der Waals surface area contributed by atoms with Crippen molar-refractivity contribution in [3.8, 4) is 33.4 Å². The molecule has 0 bridgehead atoms. The van der Waals surface area contributed by atoms with Gasteiger partial charge in [-0.2, -0.15) is 0 Å². The van der Waals surface area contributed by atoms with Gasteiger partial charge in [0.2, 0.25) is 0 Å². The summed E-state index contributed by atoms with van der Waals surface area (Å²) in [4.78, 5) is 0. The zero-order valence-electron chi connectivity index (χ0n) is 27.1. The number of furan rings is 1. The second-order valence-electron chi connectivity index (χ2n) is 10.9. The molecule has 9 rings (SSSR count). The summed E-state index contributed by atoms with van der Waals surface area (Å²) in [5.41, 5.74) is 8.02. The fraction of sp³-hybridized carbons (Fsp3) is 0. The number of fused-ring (bicyclic) bond motifs is 7. The molecule has 0 fully saturated rings. The van der Waals surface area contributed by atoms with Crippen LogP contribution in [0.15, 0.2) is 162 Å². The molecule has 0 saturated carbocycles. The van der Waals surface area contributed by atoms with Crippen LogP contribution in [-0.4, -0.2) is 0 Å². The second-order valence-corrected chi connectivity index (χ2v) is 10.9. The smallest absolute Gasteiger partial charge is 0.143 e. The van der Waals surface area contributed by atoms with Crippen LogP contribution < -0.4 is 0 Å². The van der Waals surface area contributed by atoms with Gasteiger partial charge in [0.25, 0.3) is 0 Å². The van der Waals surface area contributed by atoms with E-state index in [1.807, 2.05) is 12.1 Å². The van der Waals surface area contributed by atoms with Crippen LogP contribution in [-0.2, 0) is 0 Å². The minimum absolute atomic E-state index is 0.0593. The fourth-order valence-electron chi connectivity index (χ4n) is 6.72. The summed E-state index contributed by atoms with van der Waals surface area (Å²) in [6, 6.07) is 45.6. The topological polar surface area (TPSA) is 13.1 Å². The summed E-state index contributed by atoms with van der Waals surface area (Å²) in [7, 11) is 0. The molecule has 9 aromatic rings. The van der Waals surface area contributed by atoms with Crippen molar-refractivity contribution in [3.63, 3.8) is 0 Å². The molecule has 1 aromatic heterocycles. The molecular formula is C42H26O. The number of hydrogen-bond donors (Lipinski definition) is 0. The SMILES string of the molecule is [2H]c1c([2H])c([2H])c2c(ccc3c4ccc(-c5c6ccccc6c(-c6ccccc6-c6ccccc6)c6ccccc56)cc4oc32)c1[2H]. The van der Waals surface area contributed by atoms with E-state index in [0.717, 1.165) is 43.4 Å². The van der Waals surface area contributed by atoms with Crippen molar-refractivity contribution in [1.82, 2.24) is 0 Å². The van der Waals surface area contributed by atoms with Crippen molar-refractivity contribution >= 4 is 54.3 Å². The van der Waals surface area contributed by atoms with E-state index in [1.165, 1.54) is 22.3 Å². The first-order chi connectivity index (χ1) is 23.0. The van der Waals surface area contributed by atoms with E-state index in [2.05, 4.69) is 115 Å². The first kappa shape index (κ1) is 20.3. The number of rotatable bonds is 3. The minimum atomic E-state index is -0.261. The third-order valence-electron chi connectivity index (χ3n) is 8.59. The van der Waals surface area contributed by atoms with Crippen LogP contribution in [0.1, 0.15) is 5.48 Å². The average molecular weight is 551 g/mol. The van der Waals surface area contributed by atoms with Crippen LogP contribution in [0.4, 0.5) is 0 Å². The molecule has 0 atom stereocenters. The number of benzene rings is 8. The molecule has 0 saturated heterocycles. The van der Waals surface area contributed by atoms with E-state index in [0.29, 0.717) is 21.9 Å². The monoisotopic (exact) mass is 550 g/mol. The molecule has 0 radical (unpaired) electrons. The highest BCUT2D eigenvalue weighted by Crippen LogP contribution is 2.46. The molecule has 0 spiro atoms. The lowest BCUT2D eigenvalue weighted by molar-refractivity contribution is 0.673. The van der Waals surface area contributed by atoms with Crippen LogP contribution in [0.2, 0.25) is 0 Å². The quantitative estimate of drug-likeness (QED) is 0.199. The Kier molecular flexibility index (Phi) is 4.45. The Bertz CT molecular complexity index is 2670. The molecule has 1 nitrogen and oxygen atoms in total. The van der Waals surface area contributed by atoms with Crippen molar-refractivity contribution < 1.29 is 9.90 Å². The predicted octanol–water partition coefficient (Wildman–Crippen LogP) is 12.0. The Morgan fingerprint density at radius 2 is 1.02 bits per heavy atom. The molecule has 0 unspecified atom stereocenters. The largest absolute Gasteiger partial charge is 0.455 e. The van der Waals surface area contributed by atoms with Gasteiger partial charge in [-0.25, -0.2) is 0 Å². The van der Waals surface area contributed by atoms with Crippen molar-refractivity contribution in [2.75, 3.05) is 0 Å². The molecule has 0 aliphatic heterocycles. The van der Waals surface area contributed by atoms with Crippen LogP contribution >= 0.6 is 0 Å². The Balaban J connectivity index is 1.34. The first-order valence-electron chi connectivity index (χ1n) is 16.4. The number of hydrogen-bond acceptors (Lipinski definition) is 1. The van der Waals surface area contributed by atoms with Gasteiger partial charge in [0.05, 0.1) is 5.48 Å². The summed E-state index contributed by atoms with van der Waals surface area (Å²) in [6.07, 6.45) is 0. The molecule has 0 aliphatic carbocycles. The second kappa shape index (κ2) is 9.44. The van der Waals surface area contributed by atoms with Gasteiger partial charge in [-0.1, -0.05) is 139 Å².